The first-order valence-corrected chi connectivity index (χ1v) is 8.85. The second-order valence-electron chi connectivity index (χ2n) is 5.33. The molecule has 0 spiro atoms. The van der Waals surface area contributed by atoms with Crippen LogP contribution >= 0.6 is 11.8 Å². The van der Waals surface area contributed by atoms with Gasteiger partial charge in [0.05, 0.1) is 13.0 Å². The van der Waals surface area contributed by atoms with E-state index in [9.17, 15) is 14.4 Å². The third kappa shape index (κ3) is 3.40. The predicted molar refractivity (Wildman–Crippen MR) is 92.5 cm³/mol. The molecule has 0 bridgehead atoms. The Morgan fingerprint density at radius 2 is 1.92 bits per heavy atom. The third-order valence-electron chi connectivity index (χ3n) is 3.60. The number of ether oxygens (including phenoxy) is 1. The van der Waals surface area contributed by atoms with Crippen LogP contribution in [0.3, 0.4) is 0 Å². The summed E-state index contributed by atoms with van der Waals surface area (Å²) >= 11 is 1.38. The minimum absolute atomic E-state index is 0.258. The van der Waals surface area contributed by atoms with E-state index in [4.69, 9.17) is 4.74 Å². The van der Waals surface area contributed by atoms with Crippen molar-refractivity contribution in [2.24, 2.45) is 14.1 Å². The highest BCUT2D eigenvalue weighted by molar-refractivity contribution is 7.99. The smallest absolute Gasteiger partial charge is 0.332 e. The zero-order chi connectivity index (χ0) is 17.9. The molecule has 0 saturated carbocycles. The van der Waals surface area contributed by atoms with E-state index >= 15 is 0 Å². The molecule has 132 valence electrons. The molecule has 0 aromatic carbocycles. The lowest BCUT2D eigenvalue weighted by molar-refractivity contribution is -0.142. The van der Waals surface area contributed by atoms with Crippen LogP contribution in [-0.4, -0.2) is 37.0 Å². The summed E-state index contributed by atoms with van der Waals surface area (Å²) in [6.45, 7) is 4.75. The van der Waals surface area contributed by atoms with E-state index in [0.29, 0.717) is 35.2 Å². The Morgan fingerprint density at radius 3 is 2.54 bits per heavy atom. The predicted octanol–water partition coefficient (Wildman–Crippen LogP) is 0.889. The van der Waals surface area contributed by atoms with Gasteiger partial charge in [0.1, 0.15) is 0 Å². The zero-order valence-corrected chi connectivity index (χ0v) is 15.2. The van der Waals surface area contributed by atoms with Crippen LogP contribution in [0, 0.1) is 0 Å². The van der Waals surface area contributed by atoms with Crippen molar-refractivity contribution in [3.8, 4) is 0 Å². The number of hydrogen-bond acceptors (Lipinski definition) is 6. The molecule has 0 amide bonds. The Bertz CT molecular complexity index is 865. The molecule has 9 heteroatoms. The van der Waals surface area contributed by atoms with Crippen LogP contribution in [0.4, 0.5) is 0 Å². The Morgan fingerprint density at radius 1 is 1.21 bits per heavy atom. The van der Waals surface area contributed by atoms with Crippen molar-refractivity contribution < 1.29 is 9.53 Å². The summed E-state index contributed by atoms with van der Waals surface area (Å²) in [6.07, 6.45) is 1.09. The van der Waals surface area contributed by atoms with Gasteiger partial charge in [-0.3, -0.25) is 18.7 Å². The van der Waals surface area contributed by atoms with Gasteiger partial charge in [-0.1, -0.05) is 18.7 Å². The molecule has 2 aromatic rings. The summed E-state index contributed by atoms with van der Waals surface area (Å²) in [5.74, 6) is 0.242. The first-order valence-electron chi connectivity index (χ1n) is 7.87. The fraction of sp³-hybridized carbons (Fsp3) is 0.600. The summed E-state index contributed by atoms with van der Waals surface area (Å²) in [6, 6.07) is 0. The second kappa shape index (κ2) is 7.69. The molecule has 0 aliphatic rings. The van der Waals surface area contributed by atoms with E-state index in [-0.39, 0.29) is 17.9 Å². The van der Waals surface area contributed by atoms with Gasteiger partial charge in [-0.2, -0.15) is 0 Å². The molecule has 0 aliphatic carbocycles. The number of esters is 1. The van der Waals surface area contributed by atoms with Crippen molar-refractivity contribution in [3.63, 3.8) is 0 Å². The van der Waals surface area contributed by atoms with Crippen LogP contribution < -0.4 is 11.2 Å². The number of imidazole rings is 1. The van der Waals surface area contributed by atoms with Gasteiger partial charge in [0.15, 0.2) is 16.3 Å². The highest BCUT2D eigenvalue weighted by Crippen LogP contribution is 2.22. The molecule has 0 aliphatic heterocycles. The Hall–Kier alpha value is -2.03. The second-order valence-corrected chi connectivity index (χ2v) is 6.39. The van der Waals surface area contributed by atoms with E-state index in [1.165, 1.54) is 23.4 Å². The highest BCUT2D eigenvalue weighted by Gasteiger charge is 2.19. The molecule has 2 heterocycles. The molecular formula is C15H22N4O4S. The van der Waals surface area contributed by atoms with Crippen LogP contribution in [0.15, 0.2) is 14.7 Å². The fourth-order valence-corrected chi connectivity index (χ4v) is 3.37. The van der Waals surface area contributed by atoms with Crippen molar-refractivity contribution in [1.82, 2.24) is 18.7 Å². The van der Waals surface area contributed by atoms with Crippen molar-refractivity contribution in [2.45, 2.75) is 38.4 Å². The van der Waals surface area contributed by atoms with Gasteiger partial charge in [0, 0.05) is 26.4 Å². The van der Waals surface area contributed by atoms with Gasteiger partial charge < -0.3 is 9.30 Å². The highest BCUT2D eigenvalue weighted by atomic mass is 32.2. The van der Waals surface area contributed by atoms with Crippen LogP contribution in [0.25, 0.3) is 11.2 Å². The normalized spacial score (nSPS) is 11.2. The first kappa shape index (κ1) is 18.3. The Kier molecular flexibility index (Phi) is 5.87. The fourth-order valence-electron chi connectivity index (χ4n) is 2.43. The van der Waals surface area contributed by atoms with E-state index < -0.39 is 5.69 Å². The number of carbonyl (C=O) groups excluding carboxylic acids is 1. The molecule has 0 radical (unpaired) electrons. The van der Waals surface area contributed by atoms with E-state index in [1.807, 2.05) is 11.5 Å². The lowest BCUT2D eigenvalue weighted by Gasteiger charge is -2.07. The maximum absolute atomic E-state index is 12.5. The summed E-state index contributed by atoms with van der Waals surface area (Å²) in [7, 11) is 3.06. The Balaban J connectivity index is 2.43. The van der Waals surface area contributed by atoms with Crippen molar-refractivity contribution in [2.75, 3.05) is 12.4 Å². The molecule has 0 atom stereocenters. The minimum Gasteiger partial charge on any atom is -0.466 e. The van der Waals surface area contributed by atoms with Gasteiger partial charge in [-0.25, -0.2) is 9.78 Å². The first-order chi connectivity index (χ1) is 11.4. The SMILES string of the molecule is CCCn1c(SCCC(=O)OCC)nc2c1c(=O)n(C)c(=O)n2C. The summed E-state index contributed by atoms with van der Waals surface area (Å²) in [5, 5.41) is 0.634. The Labute approximate surface area is 143 Å². The van der Waals surface area contributed by atoms with Gasteiger partial charge in [-0.05, 0) is 13.3 Å². The van der Waals surface area contributed by atoms with Crippen LogP contribution in [-0.2, 0) is 30.2 Å². The number of hydrogen-bond donors (Lipinski definition) is 0. The van der Waals surface area contributed by atoms with Gasteiger partial charge in [0.2, 0.25) is 0 Å². The van der Waals surface area contributed by atoms with Crippen LogP contribution in [0.2, 0.25) is 0 Å². The van der Waals surface area contributed by atoms with E-state index in [0.717, 1.165) is 11.0 Å². The lowest BCUT2D eigenvalue weighted by atomic mass is 10.4. The number of rotatable bonds is 7. The number of aromatic nitrogens is 4. The monoisotopic (exact) mass is 354 g/mol. The topological polar surface area (TPSA) is 88.1 Å². The lowest BCUT2D eigenvalue weighted by Crippen LogP contribution is -2.37. The van der Waals surface area contributed by atoms with E-state index in [1.54, 1.807) is 14.0 Å². The standard InChI is InChI=1S/C15H22N4O4S/c1-5-8-19-11-12(17(3)15(22)18(4)13(11)21)16-14(19)24-9-7-10(20)23-6-2/h5-9H2,1-4H3. The maximum Gasteiger partial charge on any atom is 0.332 e. The average Bonchev–Trinajstić information content (AvgIpc) is 2.90. The number of fused-ring (bicyclic) bond motifs is 1. The number of aryl methyl sites for hydroxylation is 2. The molecule has 2 rings (SSSR count). The average molecular weight is 354 g/mol. The molecule has 8 nitrogen and oxygen atoms in total. The van der Waals surface area contributed by atoms with Crippen LogP contribution in [0.5, 0.6) is 0 Å². The number of nitrogens with zero attached hydrogens (tertiary/aromatic N) is 4. The number of thioether (sulfide) groups is 1. The van der Waals surface area contributed by atoms with Crippen molar-refractivity contribution in [1.29, 1.82) is 0 Å². The zero-order valence-electron chi connectivity index (χ0n) is 14.4. The largest absolute Gasteiger partial charge is 0.466 e. The van der Waals surface area contributed by atoms with Crippen molar-refractivity contribution in [3.05, 3.63) is 20.8 Å². The number of carbonyl (C=O) groups is 1. The summed E-state index contributed by atoms with van der Waals surface area (Å²) in [4.78, 5) is 40.5. The van der Waals surface area contributed by atoms with Gasteiger partial charge in [-0.15, -0.1) is 0 Å². The molecule has 0 saturated heterocycles. The van der Waals surface area contributed by atoms with Gasteiger partial charge >= 0.3 is 11.7 Å². The minimum atomic E-state index is -0.406. The third-order valence-corrected chi connectivity index (χ3v) is 4.58. The molecule has 0 N–H and O–H groups in total. The van der Waals surface area contributed by atoms with Crippen molar-refractivity contribution >= 4 is 28.9 Å². The maximum atomic E-state index is 12.5. The molecule has 24 heavy (non-hydrogen) atoms. The quantitative estimate of drug-likeness (QED) is 0.542. The molecule has 2 aromatic heterocycles. The summed E-state index contributed by atoms with van der Waals surface area (Å²) < 4.78 is 9.19. The summed E-state index contributed by atoms with van der Waals surface area (Å²) in [5.41, 5.74) is 0.0262. The molecule has 0 unspecified atom stereocenters. The molecular weight excluding hydrogens is 332 g/mol. The van der Waals surface area contributed by atoms with E-state index in [2.05, 4.69) is 4.98 Å². The van der Waals surface area contributed by atoms with Gasteiger partial charge in [0.25, 0.3) is 5.56 Å². The molecule has 0 fully saturated rings. The van der Waals surface area contributed by atoms with Crippen LogP contribution in [0.1, 0.15) is 26.7 Å².